The number of benzene rings is 3. The van der Waals surface area contributed by atoms with Crippen molar-refractivity contribution >= 4 is 6.16 Å². The lowest BCUT2D eigenvalue weighted by Gasteiger charge is -2.50. The summed E-state index contributed by atoms with van der Waals surface area (Å²) in [6.45, 7) is 2.59. The highest BCUT2D eigenvalue weighted by molar-refractivity contribution is 5.63. The molecular formula is C35H38O11. The summed E-state index contributed by atoms with van der Waals surface area (Å²) < 4.78 is 62.0. The van der Waals surface area contributed by atoms with Crippen molar-refractivity contribution in [2.75, 3.05) is 13.7 Å². The highest BCUT2D eigenvalue weighted by Gasteiger charge is 2.57. The van der Waals surface area contributed by atoms with Gasteiger partial charge < -0.3 is 47.4 Å². The molecule has 0 aromatic heterocycles. The summed E-state index contributed by atoms with van der Waals surface area (Å²) >= 11 is 0. The lowest BCUT2D eigenvalue weighted by molar-refractivity contribution is -0.393. The number of rotatable bonds is 10. The minimum Gasteiger partial charge on any atom is -0.424 e. The van der Waals surface area contributed by atoms with Crippen LogP contribution in [0.15, 0.2) is 91.0 Å². The van der Waals surface area contributed by atoms with Crippen LogP contribution in [0.25, 0.3) is 0 Å². The van der Waals surface area contributed by atoms with E-state index >= 15 is 0 Å². The quantitative estimate of drug-likeness (QED) is 0.290. The van der Waals surface area contributed by atoms with Crippen LogP contribution >= 0.6 is 0 Å². The van der Waals surface area contributed by atoms with E-state index in [9.17, 15) is 4.79 Å². The van der Waals surface area contributed by atoms with Gasteiger partial charge in [0, 0.05) is 12.7 Å². The molecule has 4 fully saturated rings. The van der Waals surface area contributed by atoms with E-state index in [1.165, 1.54) is 0 Å². The van der Waals surface area contributed by atoms with Crippen LogP contribution in [0.1, 0.15) is 29.9 Å². The van der Waals surface area contributed by atoms with Crippen LogP contribution in [0.4, 0.5) is 4.79 Å². The lowest BCUT2D eigenvalue weighted by Crippen LogP contribution is -2.66. The number of hydrogen-bond donors (Lipinski definition) is 0. The van der Waals surface area contributed by atoms with Crippen molar-refractivity contribution in [1.29, 1.82) is 0 Å². The van der Waals surface area contributed by atoms with Gasteiger partial charge in [-0.3, -0.25) is 0 Å². The summed E-state index contributed by atoms with van der Waals surface area (Å²) in [4.78, 5) is 12.3. The van der Waals surface area contributed by atoms with Crippen molar-refractivity contribution in [3.63, 3.8) is 0 Å². The zero-order valence-electron chi connectivity index (χ0n) is 25.6. The normalized spacial score (nSPS) is 35.4. The minimum absolute atomic E-state index is 0.233. The molecule has 11 atom stereocenters. The molecule has 46 heavy (non-hydrogen) atoms. The monoisotopic (exact) mass is 634 g/mol. The molecular weight excluding hydrogens is 596 g/mol. The first-order valence-electron chi connectivity index (χ1n) is 15.6. The second kappa shape index (κ2) is 14.2. The largest absolute Gasteiger partial charge is 0.509 e. The molecule has 11 heteroatoms. The Kier molecular flexibility index (Phi) is 9.61. The van der Waals surface area contributed by atoms with Crippen molar-refractivity contribution in [3.8, 4) is 0 Å². The first-order chi connectivity index (χ1) is 22.6. The Bertz CT molecular complexity index is 1410. The van der Waals surface area contributed by atoms with Gasteiger partial charge in [-0.25, -0.2) is 4.79 Å². The average molecular weight is 635 g/mol. The molecule has 0 spiro atoms. The van der Waals surface area contributed by atoms with Gasteiger partial charge in [0.05, 0.1) is 25.9 Å². The number of carbonyl (C=O) groups is 1. The Balaban J connectivity index is 1.18. The highest BCUT2D eigenvalue weighted by Crippen LogP contribution is 2.40. The summed E-state index contributed by atoms with van der Waals surface area (Å²) in [6.07, 6.45) is -8.62. The maximum atomic E-state index is 12.3. The van der Waals surface area contributed by atoms with Crippen LogP contribution in [-0.2, 0) is 60.6 Å². The maximum Gasteiger partial charge on any atom is 0.509 e. The number of hydrogen-bond acceptors (Lipinski definition) is 11. The summed E-state index contributed by atoms with van der Waals surface area (Å²) in [5, 5.41) is 0. The number of methoxy groups -OCH3 is 1. The Hall–Kier alpha value is -3.39. The second-order valence-electron chi connectivity index (χ2n) is 11.7. The molecule has 4 heterocycles. The molecule has 0 amide bonds. The van der Waals surface area contributed by atoms with Crippen LogP contribution in [0, 0.1) is 0 Å². The van der Waals surface area contributed by atoms with Crippen LogP contribution < -0.4 is 0 Å². The zero-order chi connectivity index (χ0) is 31.5. The summed E-state index contributed by atoms with van der Waals surface area (Å²) in [7, 11) is 1.54. The molecule has 0 radical (unpaired) electrons. The van der Waals surface area contributed by atoms with Gasteiger partial charge in [-0.15, -0.1) is 0 Å². The molecule has 4 aliphatic rings. The average Bonchev–Trinajstić information content (AvgIpc) is 3.50. The van der Waals surface area contributed by atoms with Gasteiger partial charge >= 0.3 is 6.16 Å². The van der Waals surface area contributed by atoms with E-state index in [2.05, 4.69) is 0 Å². The summed E-state index contributed by atoms with van der Waals surface area (Å²) in [5.41, 5.74) is 2.79. The van der Waals surface area contributed by atoms with Crippen LogP contribution in [0.5, 0.6) is 0 Å². The van der Waals surface area contributed by atoms with Crippen molar-refractivity contribution in [2.45, 2.75) is 87.8 Å². The van der Waals surface area contributed by atoms with Crippen molar-refractivity contribution in [2.24, 2.45) is 0 Å². The molecule has 4 aliphatic heterocycles. The molecule has 7 rings (SSSR count). The highest BCUT2D eigenvalue weighted by atomic mass is 16.8. The fourth-order valence-corrected chi connectivity index (χ4v) is 6.34. The maximum absolute atomic E-state index is 12.3. The number of ether oxygens (including phenoxy) is 10. The molecule has 0 saturated carbocycles. The third kappa shape index (κ3) is 6.69. The fraction of sp³-hybridized carbons (Fsp3) is 0.457. The van der Waals surface area contributed by atoms with Crippen LogP contribution in [0.2, 0.25) is 0 Å². The van der Waals surface area contributed by atoms with E-state index in [0.717, 1.165) is 16.7 Å². The smallest absolute Gasteiger partial charge is 0.424 e. The first-order valence-corrected chi connectivity index (χ1v) is 15.6. The summed E-state index contributed by atoms with van der Waals surface area (Å²) in [6, 6.07) is 29.3. The predicted octanol–water partition coefficient (Wildman–Crippen LogP) is 4.68. The first kappa shape index (κ1) is 31.2. The standard InChI is InChI=1S/C35H38O11/c1-21-26-29(46-35(36)45-26)30(39-19-23-14-8-4-9-15-23)34(41-21)44-31-28(38-18-22-12-6-3-7-13-22)27-25(42-33(31)37-2)20-40-32(43-27)24-16-10-5-11-17-24/h3-17,21,25-34H,18-20H2,1-2H3/t21-,25+,26-,27+,28-,29+,30+,31-,32?,33-,34+/m0/s1. The van der Waals surface area contributed by atoms with E-state index in [4.69, 9.17) is 47.4 Å². The van der Waals surface area contributed by atoms with Crippen LogP contribution in [0.3, 0.4) is 0 Å². The topological polar surface area (TPSA) is 109 Å². The van der Waals surface area contributed by atoms with Gasteiger partial charge in [0.2, 0.25) is 0 Å². The Morgan fingerprint density at radius 3 is 1.93 bits per heavy atom. The minimum atomic E-state index is -0.996. The lowest BCUT2D eigenvalue weighted by atomic mass is 9.96. The fourth-order valence-electron chi connectivity index (χ4n) is 6.34. The third-order valence-corrected chi connectivity index (χ3v) is 8.64. The molecule has 244 valence electrons. The van der Waals surface area contributed by atoms with Gasteiger partial charge in [-0.05, 0) is 18.1 Å². The van der Waals surface area contributed by atoms with Gasteiger partial charge in [0.25, 0.3) is 0 Å². The molecule has 0 aliphatic carbocycles. The van der Waals surface area contributed by atoms with Gasteiger partial charge in [0.15, 0.2) is 31.1 Å². The van der Waals surface area contributed by atoms with E-state index in [0.29, 0.717) is 0 Å². The van der Waals surface area contributed by atoms with Gasteiger partial charge in [-0.2, -0.15) is 0 Å². The molecule has 0 N–H and O–H groups in total. The third-order valence-electron chi connectivity index (χ3n) is 8.64. The van der Waals surface area contributed by atoms with E-state index in [-0.39, 0.29) is 19.8 Å². The van der Waals surface area contributed by atoms with Gasteiger partial charge in [-0.1, -0.05) is 91.0 Å². The van der Waals surface area contributed by atoms with Crippen molar-refractivity contribution < 1.29 is 52.2 Å². The van der Waals surface area contributed by atoms with Crippen molar-refractivity contribution in [3.05, 3.63) is 108 Å². The van der Waals surface area contributed by atoms with E-state index in [1.807, 2.05) is 91.0 Å². The second-order valence-corrected chi connectivity index (χ2v) is 11.7. The number of fused-ring (bicyclic) bond motifs is 2. The predicted molar refractivity (Wildman–Crippen MR) is 160 cm³/mol. The molecule has 3 aromatic rings. The summed E-state index contributed by atoms with van der Waals surface area (Å²) in [5.74, 6) is 0. The zero-order valence-corrected chi connectivity index (χ0v) is 25.6. The molecule has 1 unspecified atom stereocenters. The molecule has 4 saturated heterocycles. The van der Waals surface area contributed by atoms with E-state index in [1.54, 1.807) is 14.0 Å². The number of carbonyl (C=O) groups excluding carboxylic acids is 1. The van der Waals surface area contributed by atoms with Crippen LogP contribution in [-0.4, -0.2) is 81.3 Å². The molecule has 0 bridgehead atoms. The SMILES string of the molecule is CO[C@H]1O[C@@H]2COC(c3ccccc3)O[C@H]2[C@H](OCc2ccccc2)[C@@H]1O[C@H]1O[C@@H](C)[C@@H]2OC(=O)O[C@H]2[C@H]1OCc1ccccc1. The molecule has 3 aromatic carbocycles. The van der Waals surface area contributed by atoms with Crippen molar-refractivity contribution in [1.82, 2.24) is 0 Å². The van der Waals surface area contributed by atoms with E-state index < -0.39 is 73.9 Å². The van der Waals surface area contributed by atoms with Gasteiger partial charge in [0.1, 0.15) is 30.5 Å². The molecule has 11 nitrogen and oxygen atoms in total. The Morgan fingerprint density at radius 2 is 1.28 bits per heavy atom. The Labute approximate surface area is 267 Å². The Morgan fingerprint density at radius 1 is 0.674 bits per heavy atom.